The lowest BCUT2D eigenvalue weighted by atomic mass is 10.0. The molecule has 0 fully saturated rings. The quantitative estimate of drug-likeness (QED) is 0.869. The normalized spacial score (nSPS) is 14.7. The van der Waals surface area contributed by atoms with Crippen LogP contribution in [-0.4, -0.2) is 20.7 Å². The maximum atomic E-state index is 12.9. The van der Waals surface area contributed by atoms with Crippen molar-refractivity contribution in [1.82, 2.24) is 0 Å². The zero-order valence-corrected chi connectivity index (χ0v) is 14.1. The minimum atomic E-state index is -3.53. The van der Waals surface area contributed by atoms with Crippen molar-refractivity contribution in [2.75, 3.05) is 10.8 Å². The number of aryl methyl sites for hydroxylation is 2. The van der Waals surface area contributed by atoms with E-state index in [4.69, 9.17) is 0 Å². The second-order valence-electron chi connectivity index (χ2n) is 5.95. The summed E-state index contributed by atoms with van der Waals surface area (Å²) in [6.45, 7) is 4.01. The van der Waals surface area contributed by atoms with Gasteiger partial charge in [0, 0.05) is 18.5 Å². The maximum Gasteiger partial charge on any atom is 0.239 e. The molecule has 0 bridgehead atoms. The van der Waals surface area contributed by atoms with Gasteiger partial charge in [-0.05, 0) is 37.1 Å². The van der Waals surface area contributed by atoms with Crippen LogP contribution in [0.5, 0.6) is 0 Å². The zero-order chi connectivity index (χ0) is 16.6. The minimum Gasteiger partial charge on any atom is -0.294 e. The first kappa shape index (κ1) is 15.7. The van der Waals surface area contributed by atoms with Crippen molar-refractivity contribution in [2.24, 2.45) is 0 Å². The first-order valence-electron chi connectivity index (χ1n) is 7.57. The van der Waals surface area contributed by atoms with E-state index in [0.29, 0.717) is 11.3 Å². The molecular formula is C18H19NO3S. The molecule has 0 amide bonds. The van der Waals surface area contributed by atoms with Crippen LogP contribution in [0.15, 0.2) is 42.5 Å². The molecule has 2 aromatic carbocycles. The van der Waals surface area contributed by atoms with E-state index in [9.17, 15) is 13.2 Å². The summed E-state index contributed by atoms with van der Waals surface area (Å²) in [5, 5.41) is 0. The van der Waals surface area contributed by atoms with E-state index in [2.05, 4.69) is 0 Å². The van der Waals surface area contributed by atoms with Gasteiger partial charge in [-0.3, -0.25) is 9.10 Å². The van der Waals surface area contributed by atoms with Gasteiger partial charge < -0.3 is 0 Å². The van der Waals surface area contributed by atoms with Gasteiger partial charge in [0.25, 0.3) is 0 Å². The van der Waals surface area contributed by atoms with Crippen LogP contribution < -0.4 is 4.31 Å². The maximum absolute atomic E-state index is 12.9. The average molecular weight is 329 g/mol. The summed E-state index contributed by atoms with van der Waals surface area (Å²) in [4.78, 5) is 12.1. The van der Waals surface area contributed by atoms with Crippen molar-refractivity contribution in [3.05, 3.63) is 64.7 Å². The number of fused-ring (bicyclic) bond motifs is 1. The largest absolute Gasteiger partial charge is 0.294 e. The van der Waals surface area contributed by atoms with E-state index < -0.39 is 10.0 Å². The van der Waals surface area contributed by atoms with Gasteiger partial charge >= 0.3 is 0 Å². The van der Waals surface area contributed by atoms with Crippen LogP contribution in [0, 0.1) is 13.8 Å². The first-order chi connectivity index (χ1) is 10.9. The number of hydrogen-bond acceptors (Lipinski definition) is 3. The number of nitrogens with zero attached hydrogens (tertiary/aromatic N) is 1. The molecule has 5 heteroatoms. The van der Waals surface area contributed by atoms with E-state index in [-0.39, 0.29) is 24.5 Å². The molecule has 2 aromatic rings. The van der Waals surface area contributed by atoms with Crippen molar-refractivity contribution in [3.8, 4) is 0 Å². The standard InChI is InChI=1S/C18H19NO3S/c1-13-7-8-17-16(11-13)18(20)9-10-19(17)23(21,22)12-15-6-4-3-5-14(15)2/h3-8,11H,9-10,12H2,1-2H3. The Morgan fingerprint density at radius 3 is 2.57 bits per heavy atom. The highest BCUT2D eigenvalue weighted by atomic mass is 32.2. The molecule has 0 atom stereocenters. The highest BCUT2D eigenvalue weighted by Gasteiger charge is 2.31. The van der Waals surface area contributed by atoms with Gasteiger partial charge in [-0.15, -0.1) is 0 Å². The summed E-state index contributed by atoms with van der Waals surface area (Å²) in [6, 6.07) is 12.8. The molecule has 0 aromatic heterocycles. The fourth-order valence-corrected chi connectivity index (χ4v) is 4.59. The topological polar surface area (TPSA) is 54.5 Å². The van der Waals surface area contributed by atoms with Gasteiger partial charge in [-0.25, -0.2) is 8.42 Å². The van der Waals surface area contributed by atoms with E-state index in [1.807, 2.05) is 44.2 Å². The average Bonchev–Trinajstić information content (AvgIpc) is 2.50. The van der Waals surface area contributed by atoms with E-state index in [1.165, 1.54) is 4.31 Å². The molecule has 120 valence electrons. The highest BCUT2D eigenvalue weighted by Crippen LogP contribution is 2.31. The van der Waals surface area contributed by atoms with Crippen LogP contribution in [0.2, 0.25) is 0 Å². The summed E-state index contributed by atoms with van der Waals surface area (Å²) >= 11 is 0. The van der Waals surface area contributed by atoms with Gasteiger partial charge in [-0.1, -0.05) is 35.9 Å². The number of rotatable bonds is 3. The molecule has 4 nitrogen and oxygen atoms in total. The molecule has 0 saturated carbocycles. The van der Waals surface area contributed by atoms with Gasteiger partial charge in [0.2, 0.25) is 10.0 Å². The summed E-state index contributed by atoms with van der Waals surface area (Å²) in [6.07, 6.45) is 0.226. The third kappa shape index (κ3) is 3.01. The van der Waals surface area contributed by atoms with Crippen LogP contribution in [0.3, 0.4) is 0 Å². The Balaban J connectivity index is 2.00. The Morgan fingerprint density at radius 2 is 1.83 bits per heavy atom. The third-order valence-electron chi connectivity index (χ3n) is 4.20. The lowest BCUT2D eigenvalue weighted by molar-refractivity contribution is 0.0982. The summed E-state index contributed by atoms with van der Waals surface area (Å²) < 4.78 is 27.1. The number of benzene rings is 2. The van der Waals surface area contributed by atoms with Gasteiger partial charge in [0.05, 0.1) is 11.4 Å². The number of ketones is 1. The van der Waals surface area contributed by atoms with Crippen molar-refractivity contribution in [1.29, 1.82) is 0 Å². The fourth-order valence-electron chi connectivity index (χ4n) is 2.88. The van der Waals surface area contributed by atoms with Gasteiger partial charge in [-0.2, -0.15) is 0 Å². The minimum absolute atomic E-state index is 0.00559. The molecule has 1 heterocycles. The lowest BCUT2D eigenvalue weighted by Crippen LogP contribution is -2.38. The number of carbonyl (C=O) groups excluding carboxylic acids is 1. The van der Waals surface area contributed by atoms with Crippen LogP contribution >= 0.6 is 0 Å². The number of carbonyl (C=O) groups is 1. The Hall–Kier alpha value is -2.14. The highest BCUT2D eigenvalue weighted by molar-refractivity contribution is 7.92. The summed E-state index contributed by atoms with van der Waals surface area (Å²) in [5.41, 5.74) is 3.70. The molecular weight excluding hydrogens is 310 g/mol. The summed E-state index contributed by atoms with van der Waals surface area (Å²) in [7, 11) is -3.53. The van der Waals surface area contributed by atoms with Crippen molar-refractivity contribution >= 4 is 21.5 Å². The van der Waals surface area contributed by atoms with Crippen LogP contribution in [0.25, 0.3) is 0 Å². The zero-order valence-electron chi connectivity index (χ0n) is 13.2. The molecule has 0 N–H and O–H groups in total. The summed E-state index contributed by atoms with van der Waals surface area (Å²) in [5.74, 6) is -0.0488. The second-order valence-corrected chi connectivity index (χ2v) is 7.84. The Kier molecular flexibility index (Phi) is 3.98. The third-order valence-corrected chi connectivity index (χ3v) is 5.92. The molecule has 0 saturated heterocycles. The molecule has 23 heavy (non-hydrogen) atoms. The predicted molar refractivity (Wildman–Crippen MR) is 91.3 cm³/mol. The molecule has 0 unspecified atom stereocenters. The SMILES string of the molecule is Cc1ccc2c(c1)C(=O)CCN2S(=O)(=O)Cc1ccccc1C. The number of hydrogen-bond donors (Lipinski definition) is 0. The van der Waals surface area contributed by atoms with Gasteiger partial charge in [0.1, 0.15) is 0 Å². The van der Waals surface area contributed by atoms with E-state index in [1.54, 1.807) is 12.1 Å². The molecule has 1 aliphatic heterocycles. The fraction of sp³-hybridized carbons (Fsp3) is 0.278. The van der Waals surface area contributed by atoms with Crippen molar-refractivity contribution < 1.29 is 13.2 Å². The molecule has 1 aliphatic rings. The number of sulfonamides is 1. The van der Waals surface area contributed by atoms with Gasteiger partial charge in [0.15, 0.2) is 5.78 Å². The van der Waals surface area contributed by atoms with Crippen LogP contribution in [-0.2, 0) is 15.8 Å². The molecule has 0 radical (unpaired) electrons. The molecule has 0 spiro atoms. The Morgan fingerprint density at radius 1 is 1.09 bits per heavy atom. The smallest absolute Gasteiger partial charge is 0.239 e. The molecule has 3 rings (SSSR count). The Labute approximate surface area is 136 Å². The van der Waals surface area contributed by atoms with Crippen LogP contribution in [0.1, 0.15) is 33.5 Å². The van der Waals surface area contributed by atoms with Crippen molar-refractivity contribution in [2.45, 2.75) is 26.0 Å². The van der Waals surface area contributed by atoms with E-state index >= 15 is 0 Å². The first-order valence-corrected chi connectivity index (χ1v) is 9.18. The van der Waals surface area contributed by atoms with Crippen molar-refractivity contribution in [3.63, 3.8) is 0 Å². The number of Topliss-reactive ketones (excluding diaryl/α,β-unsaturated/α-hetero) is 1. The van der Waals surface area contributed by atoms with E-state index in [0.717, 1.165) is 16.7 Å². The number of anilines is 1. The monoisotopic (exact) mass is 329 g/mol. The molecule has 0 aliphatic carbocycles. The van der Waals surface area contributed by atoms with Crippen LogP contribution in [0.4, 0.5) is 5.69 Å². The second kappa shape index (κ2) is 5.81. The Bertz CT molecular complexity index is 872. The lowest BCUT2D eigenvalue weighted by Gasteiger charge is -2.30. The predicted octanol–water partition coefficient (Wildman–Crippen LogP) is 3.23.